The number of nitrogens with zero attached hydrogens (tertiary/aromatic N) is 1. The molecule has 0 saturated carbocycles. The van der Waals surface area contributed by atoms with Crippen LogP contribution in [0.4, 0.5) is 0 Å². The van der Waals surface area contributed by atoms with Crippen molar-refractivity contribution in [2.24, 2.45) is 0 Å². The van der Waals surface area contributed by atoms with Crippen LogP contribution in [0.25, 0.3) is 0 Å². The first kappa shape index (κ1) is 17.0. The summed E-state index contributed by atoms with van der Waals surface area (Å²) in [7, 11) is 0. The van der Waals surface area contributed by atoms with E-state index in [1.54, 1.807) is 5.38 Å². The van der Waals surface area contributed by atoms with Crippen molar-refractivity contribution >= 4 is 35.0 Å². The summed E-state index contributed by atoms with van der Waals surface area (Å²) in [6, 6.07) is 0.175. The van der Waals surface area contributed by atoms with Gasteiger partial charge in [0.25, 0.3) is 0 Å². The molecule has 0 bridgehead atoms. The van der Waals surface area contributed by atoms with E-state index in [-0.39, 0.29) is 23.6 Å². The van der Waals surface area contributed by atoms with Gasteiger partial charge in [-0.2, -0.15) is 0 Å². The van der Waals surface area contributed by atoms with E-state index >= 15 is 0 Å². The predicted octanol–water partition coefficient (Wildman–Crippen LogP) is 2.56. The van der Waals surface area contributed by atoms with E-state index in [2.05, 4.69) is 17.2 Å². The number of rotatable bonds is 8. The molecule has 0 spiro atoms. The molecule has 0 saturated heterocycles. The van der Waals surface area contributed by atoms with Gasteiger partial charge in [-0.3, -0.25) is 9.59 Å². The molecule has 7 heteroatoms. The first-order chi connectivity index (χ1) is 9.42. The van der Waals surface area contributed by atoms with Crippen LogP contribution in [0.1, 0.15) is 39.3 Å². The molecule has 1 aromatic rings. The minimum absolute atomic E-state index is 0.00839. The second kappa shape index (κ2) is 8.26. The summed E-state index contributed by atoms with van der Waals surface area (Å²) in [5.41, 5.74) is 0.539. The number of nitrogens with one attached hydrogen (secondary N) is 1. The van der Waals surface area contributed by atoms with Crippen LogP contribution in [0.5, 0.6) is 0 Å². The number of carbonyl (C=O) groups is 2. The zero-order chi connectivity index (χ0) is 15.1. The molecule has 1 amide bonds. The van der Waals surface area contributed by atoms with Crippen LogP contribution in [0.3, 0.4) is 0 Å². The lowest BCUT2D eigenvalue weighted by molar-refractivity contribution is -0.136. The molecule has 112 valence electrons. The fourth-order valence-corrected chi connectivity index (χ4v) is 3.64. The van der Waals surface area contributed by atoms with Crippen molar-refractivity contribution in [2.75, 3.05) is 0 Å². The van der Waals surface area contributed by atoms with Gasteiger partial charge in [0.15, 0.2) is 4.34 Å². The number of hydrogen-bond donors (Lipinski definition) is 2. The van der Waals surface area contributed by atoms with Gasteiger partial charge < -0.3 is 10.4 Å². The van der Waals surface area contributed by atoms with E-state index in [0.717, 1.165) is 17.2 Å². The Morgan fingerprint density at radius 3 is 2.80 bits per heavy atom. The number of hydrogen-bond acceptors (Lipinski definition) is 5. The fraction of sp³-hybridized carbons (Fsp3) is 0.615. The number of carboxylic acid groups (broad SMARTS) is 1. The molecule has 0 fully saturated rings. The van der Waals surface area contributed by atoms with Gasteiger partial charge in [0.05, 0.1) is 17.4 Å². The Balaban J connectivity index is 2.48. The van der Waals surface area contributed by atoms with Gasteiger partial charge in [0.2, 0.25) is 5.91 Å². The van der Waals surface area contributed by atoms with Crippen LogP contribution in [0.2, 0.25) is 0 Å². The van der Waals surface area contributed by atoms with E-state index in [0.29, 0.717) is 5.69 Å². The third-order valence-electron chi connectivity index (χ3n) is 2.62. The number of carboxylic acids is 1. The summed E-state index contributed by atoms with van der Waals surface area (Å²) in [6.07, 6.45) is 1.92. The number of thiazole rings is 1. The van der Waals surface area contributed by atoms with Gasteiger partial charge in [-0.25, -0.2) is 4.98 Å². The van der Waals surface area contributed by atoms with Crippen LogP contribution in [0.15, 0.2) is 9.72 Å². The molecule has 20 heavy (non-hydrogen) atoms. The Labute approximate surface area is 127 Å². The van der Waals surface area contributed by atoms with Gasteiger partial charge in [-0.15, -0.1) is 11.3 Å². The number of amides is 1. The summed E-state index contributed by atoms with van der Waals surface area (Å²) >= 11 is 2.74. The number of carbonyl (C=O) groups excluding carboxylic acids is 1. The number of aromatic nitrogens is 1. The number of thioether (sulfide) groups is 1. The topological polar surface area (TPSA) is 79.3 Å². The normalized spacial score (nSPS) is 13.8. The van der Waals surface area contributed by atoms with E-state index in [1.165, 1.54) is 23.1 Å². The maximum absolute atomic E-state index is 12.0. The zero-order valence-electron chi connectivity index (χ0n) is 11.9. The van der Waals surface area contributed by atoms with Crippen molar-refractivity contribution in [3.63, 3.8) is 0 Å². The van der Waals surface area contributed by atoms with Crippen molar-refractivity contribution in [3.05, 3.63) is 11.1 Å². The molecule has 0 radical (unpaired) electrons. The SMILES string of the molecule is CCCC(C)NC(=O)C(C)Sc1nc(CC(=O)O)cs1. The van der Waals surface area contributed by atoms with Crippen molar-refractivity contribution in [1.82, 2.24) is 10.3 Å². The summed E-state index contributed by atoms with van der Waals surface area (Å²) in [4.78, 5) is 26.8. The third kappa shape index (κ3) is 5.92. The lowest BCUT2D eigenvalue weighted by atomic mass is 10.2. The van der Waals surface area contributed by atoms with E-state index in [4.69, 9.17) is 5.11 Å². The molecule has 2 atom stereocenters. The Kier molecular flexibility index (Phi) is 7.01. The first-order valence-corrected chi connectivity index (χ1v) is 8.31. The highest BCUT2D eigenvalue weighted by molar-refractivity contribution is 8.02. The van der Waals surface area contributed by atoms with Crippen molar-refractivity contribution in [2.45, 2.75) is 55.7 Å². The lowest BCUT2D eigenvalue weighted by Crippen LogP contribution is -2.37. The molecular formula is C13H20N2O3S2. The molecule has 2 unspecified atom stereocenters. The van der Waals surface area contributed by atoms with Gasteiger partial charge in [-0.1, -0.05) is 25.1 Å². The molecule has 1 heterocycles. The maximum atomic E-state index is 12.0. The molecule has 0 aliphatic rings. The third-order valence-corrected chi connectivity index (χ3v) is 4.74. The van der Waals surface area contributed by atoms with E-state index in [9.17, 15) is 9.59 Å². The fourth-order valence-electron chi connectivity index (χ4n) is 1.65. The molecule has 0 aliphatic carbocycles. The smallest absolute Gasteiger partial charge is 0.309 e. The summed E-state index contributed by atoms with van der Waals surface area (Å²) in [5, 5.41) is 13.1. The van der Waals surface area contributed by atoms with Gasteiger partial charge in [0, 0.05) is 11.4 Å². The summed E-state index contributed by atoms with van der Waals surface area (Å²) < 4.78 is 0.729. The molecule has 2 N–H and O–H groups in total. The molecule has 0 aromatic carbocycles. The van der Waals surface area contributed by atoms with Crippen LogP contribution < -0.4 is 5.32 Å². The van der Waals surface area contributed by atoms with Crippen molar-refractivity contribution < 1.29 is 14.7 Å². The minimum Gasteiger partial charge on any atom is -0.481 e. The van der Waals surface area contributed by atoms with E-state index < -0.39 is 5.97 Å². The highest BCUT2D eigenvalue weighted by Gasteiger charge is 2.18. The Bertz CT molecular complexity index is 462. The Hall–Kier alpha value is -1.08. The average molecular weight is 316 g/mol. The van der Waals surface area contributed by atoms with Crippen LogP contribution in [-0.2, 0) is 16.0 Å². The Morgan fingerprint density at radius 1 is 1.50 bits per heavy atom. The summed E-state index contributed by atoms with van der Waals surface area (Å²) in [6.45, 7) is 5.91. The monoisotopic (exact) mass is 316 g/mol. The largest absolute Gasteiger partial charge is 0.481 e. The zero-order valence-corrected chi connectivity index (χ0v) is 13.5. The highest BCUT2D eigenvalue weighted by atomic mass is 32.2. The first-order valence-electron chi connectivity index (χ1n) is 6.55. The molecular weight excluding hydrogens is 296 g/mol. The van der Waals surface area contributed by atoms with Crippen molar-refractivity contribution in [1.29, 1.82) is 0 Å². The highest BCUT2D eigenvalue weighted by Crippen LogP contribution is 2.27. The standard InChI is InChI=1S/C13H20N2O3S2/c1-4-5-8(2)14-12(18)9(3)20-13-15-10(7-19-13)6-11(16)17/h7-9H,4-6H2,1-3H3,(H,14,18)(H,16,17). The maximum Gasteiger partial charge on any atom is 0.309 e. The second-order valence-corrected chi connectivity index (χ2v) is 7.08. The van der Waals surface area contributed by atoms with Crippen molar-refractivity contribution in [3.8, 4) is 0 Å². The molecule has 5 nitrogen and oxygen atoms in total. The van der Waals surface area contributed by atoms with Crippen LogP contribution in [0, 0.1) is 0 Å². The minimum atomic E-state index is -0.897. The molecule has 1 aromatic heterocycles. The summed E-state index contributed by atoms with van der Waals surface area (Å²) in [5.74, 6) is -0.906. The lowest BCUT2D eigenvalue weighted by Gasteiger charge is -2.15. The Morgan fingerprint density at radius 2 is 2.20 bits per heavy atom. The van der Waals surface area contributed by atoms with Crippen LogP contribution in [-0.4, -0.2) is 33.3 Å². The van der Waals surface area contributed by atoms with Gasteiger partial charge >= 0.3 is 5.97 Å². The second-order valence-electron chi connectivity index (χ2n) is 4.63. The quantitative estimate of drug-likeness (QED) is 0.721. The molecule has 1 rings (SSSR count). The molecule has 0 aliphatic heterocycles. The van der Waals surface area contributed by atoms with Gasteiger partial charge in [0.1, 0.15) is 0 Å². The predicted molar refractivity (Wildman–Crippen MR) is 81.3 cm³/mol. The number of aliphatic carboxylic acids is 1. The average Bonchev–Trinajstić information content (AvgIpc) is 2.75. The van der Waals surface area contributed by atoms with E-state index in [1.807, 2.05) is 13.8 Å². The van der Waals surface area contributed by atoms with Gasteiger partial charge in [-0.05, 0) is 20.3 Å². The van der Waals surface area contributed by atoms with Crippen LogP contribution >= 0.6 is 23.1 Å².